The number of phosphoric ester groups is 1. The summed E-state index contributed by atoms with van der Waals surface area (Å²) in [6.07, 6.45) is 24.0. The van der Waals surface area contributed by atoms with Crippen molar-refractivity contribution in [3.05, 3.63) is 48.6 Å². The van der Waals surface area contributed by atoms with Gasteiger partial charge in [0, 0.05) is 6.42 Å². The van der Waals surface area contributed by atoms with Crippen LogP contribution in [0.2, 0.25) is 0 Å². The fraction of sp³-hybridized carbons (Fsp3) is 0.690. The van der Waals surface area contributed by atoms with E-state index in [1.165, 1.54) is 0 Å². The monoisotopic (exact) mass is 557 g/mol. The molecule has 0 aliphatic carbocycles. The minimum absolute atomic E-state index is 0.0514. The Bertz CT molecular complexity index is 774. The molecule has 0 fully saturated rings. The Kier molecular flexibility index (Phi) is 21.4. The van der Waals surface area contributed by atoms with Crippen molar-refractivity contribution in [3.63, 3.8) is 0 Å². The Hall–Kier alpha value is -1.54. The number of nitrogens with zero attached hydrogens (tertiary/aromatic N) is 1. The number of rotatable bonds is 23. The summed E-state index contributed by atoms with van der Waals surface area (Å²) < 4.78 is 23.0. The molecule has 220 valence electrons. The zero-order valence-corrected chi connectivity index (χ0v) is 25.3. The molecule has 8 nitrogen and oxygen atoms in total. The minimum atomic E-state index is -4.31. The Balaban J connectivity index is 4.49. The molecule has 0 spiro atoms. The molecule has 0 radical (unpaired) electrons. The van der Waals surface area contributed by atoms with Gasteiger partial charge in [0.1, 0.15) is 13.2 Å². The number of amides is 1. The van der Waals surface area contributed by atoms with Gasteiger partial charge in [0.2, 0.25) is 5.91 Å². The smallest absolute Gasteiger partial charge is 0.387 e. The van der Waals surface area contributed by atoms with Crippen LogP contribution in [0.25, 0.3) is 0 Å². The first kappa shape index (κ1) is 36.5. The lowest BCUT2D eigenvalue weighted by molar-refractivity contribution is -0.870. The highest BCUT2D eigenvalue weighted by atomic mass is 31.2. The first-order valence-corrected chi connectivity index (χ1v) is 15.5. The van der Waals surface area contributed by atoms with Crippen molar-refractivity contribution < 1.29 is 32.9 Å². The van der Waals surface area contributed by atoms with E-state index in [9.17, 15) is 19.4 Å². The summed E-state index contributed by atoms with van der Waals surface area (Å²) in [5.41, 5.74) is 0. The number of quaternary nitrogens is 1. The number of phosphoric acid groups is 1. The third-order valence-corrected chi connectivity index (χ3v) is 6.52. The third kappa shape index (κ3) is 23.6. The molecule has 38 heavy (non-hydrogen) atoms. The van der Waals surface area contributed by atoms with E-state index in [2.05, 4.69) is 48.7 Å². The van der Waals surface area contributed by atoms with Crippen molar-refractivity contribution in [3.8, 4) is 0 Å². The number of carbonyl (C=O) groups is 1. The van der Waals surface area contributed by atoms with Crippen molar-refractivity contribution in [2.24, 2.45) is 0 Å². The number of hydrogen-bond donors (Lipinski definition) is 3. The molecule has 0 aromatic heterocycles. The van der Waals surface area contributed by atoms with Crippen molar-refractivity contribution >= 4 is 13.7 Å². The number of unbranched alkanes of at least 4 members (excludes halogenated alkanes) is 4. The SMILES string of the molecule is CC/C=C\C/C=C\C/C=C\CCCCCC(=O)NC(COP(=O)(O)OCC[N+](C)(C)C)C(O)/C=C/CCC. The molecule has 1 amide bonds. The normalized spacial score (nSPS) is 16.1. The first-order valence-electron chi connectivity index (χ1n) is 14.0. The van der Waals surface area contributed by atoms with E-state index in [4.69, 9.17) is 9.05 Å². The van der Waals surface area contributed by atoms with Crippen LogP contribution in [0.15, 0.2) is 48.6 Å². The van der Waals surface area contributed by atoms with Gasteiger partial charge in [-0.2, -0.15) is 0 Å². The Morgan fingerprint density at radius 2 is 1.58 bits per heavy atom. The fourth-order valence-electron chi connectivity index (χ4n) is 3.23. The summed E-state index contributed by atoms with van der Waals surface area (Å²) >= 11 is 0. The van der Waals surface area contributed by atoms with Crippen LogP contribution >= 0.6 is 7.82 Å². The summed E-state index contributed by atoms with van der Waals surface area (Å²) in [4.78, 5) is 22.5. The van der Waals surface area contributed by atoms with E-state index >= 15 is 0 Å². The highest BCUT2D eigenvalue weighted by molar-refractivity contribution is 7.47. The van der Waals surface area contributed by atoms with E-state index in [1.54, 1.807) is 6.08 Å². The molecule has 0 heterocycles. The number of allylic oxidation sites excluding steroid dienone is 7. The van der Waals surface area contributed by atoms with Gasteiger partial charge in [0.15, 0.2) is 0 Å². The van der Waals surface area contributed by atoms with Crippen molar-refractivity contribution in [2.45, 2.75) is 90.2 Å². The first-order chi connectivity index (χ1) is 18.0. The lowest BCUT2D eigenvalue weighted by Crippen LogP contribution is -2.45. The van der Waals surface area contributed by atoms with Crippen LogP contribution in [-0.2, 0) is 18.4 Å². The maximum Gasteiger partial charge on any atom is 0.472 e. The van der Waals surface area contributed by atoms with Gasteiger partial charge in [-0.3, -0.25) is 13.8 Å². The molecular formula is C29H54N2O6P+. The minimum Gasteiger partial charge on any atom is -0.387 e. The molecule has 3 unspecified atom stereocenters. The lowest BCUT2D eigenvalue weighted by atomic mass is 10.1. The maximum atomic E-state index is 12.5. The number of likely N-dealkylation sites (N-methyl/N-ethyl adjacent to an activating group) is 1. The fourth-order valence-corrected chi connectivity index (χ4v) is 3.97. The van der Waals surface area contributed by atoms with Crippen molar-refractivity contribution in [1.29, 1.82) is 0 Å². The van der Waals surface area contributed by atoms with Crippen LogP contribution < -0.4 is 5.32 Å². The lowest BCUT2D eigenvalue weighted by Gasteiger charge is -2.25. The number of carbonyl (C=O) groups excluding carboxylic acids is 1. The van der Waals surface area contributed by atoms with Crippen molar-refractivity contribution in [2.75, 3.05) is 40.9 Å². The number of nitrogens with one attached hydrogen (secondary N) is 1. The van der Waals surface area contributed by atoms with E-state index in [1.807, 2.05) is 34.1 Å². The van der Waals surface area contributed by atoms with Gasteiger partial charge >= 0.3 is 7.82 Å². The molecule has 9 heteroatoms. The topological polar surface area (TPSA) is 105 Å². The molecule has 0 bridgehead atoms. The average molecular weight is 558 g/mol. The molecule has 3 atom stereocenters. The summed E-state index contributed by atoms with van der Waals surface area (Å²) in [7, 11) is 1.53. The van der Waals surface area contributed by atoms with Gasteiger partial charge in [0.05, 0.1) is 39.9 Å². The number of aliphatic hydroxyl groups is 1. The van der Waals surface area contributed by atoms with Gasteiger partial charge in [-0.25, -0.2) is 4.57 Å². The molecule has 0 rings (SSSR count). The quantitative estimate of drug-likeness (QED) is 0.0631. The van der Waals surface area contributed by atoms with E-state index in [0.717, 1.165) is 57.8 Å². The van der Waals surface area contributed by atoms with Crippen LogP contribution in [0.3, 0.4) is 0 Å². The Morgan fingerprint density at radius 3 is 2.21 bits per heavy atom. The van der Waals surface area contributed by atoms with Crippen LogP contribution in [0.1, 0.15) is 78.1 Å². The highest BCUT2D eigenvalue weighted by Crippen LogP contribution is 2.43. The van der Waals surface area contributed by atoms with Crippen LogP contribution in [0.5, 0.6) is 0 Å². The summed E-state index contributed by atoms with van der Waals surface area (Å²) in [6.45, 7) is 4.39. The molecule has 0 saturated heterocycles. The molecule has 0 aliphatic heterocycles. The molecular weight excluding hydrogens is 503 g/mol. The second-order valence-electron chi connectivity index (χ2n) is 10.4. The van der Waals surface area contributed by atoms with Gasteiger partial charge in [0.25, 0.3) is 0 Å². The summed E-state index contributed by atoms with van der Waals surface area (Å²) in [6, 6.07) is -0.855. The van der Waals surface area contributed by atoms with Gasteiger partial charge in [-0.15, -0.1) is 0 Å². The largest absolute Gasteiger partial charge is 0.472 e. The standard InChI is InChI=1S/C29H53N2O6P/c1-6-8-10-11-12-13-14-15-16-17-18-19-21-23-29(33)30-27(28(32)22-20-9-7-2)26-37-38(34,35)36-25-24-31(3,4)5/h8,10,12-13,15-16,20,22,27-28,32H,6-7,9,11,14,17-19,21,23-26H2,1-5H3,(H-,30,33,34,35)/p+1/b10-8-,13-12-,16-15-,22-20+. The predicted octanol–water partition coefficient (Wildman–Crippen LogP) is 5.84. The van der Waals surface area contributed by atoms with Crippen LogP contribution in [0, 0.1) is 0 Å². The molecule has 0 aromatic rings. The zero-order valence-electron chi connectivity index (χ0n) is 24.4. The number of hydrogen-bond acceptors (Lipinski definition) is 5. The van der Waals surface area contributed by atoms with Gasteiger partial charge < -0.3 is 19.8 Å². The third-order valence-electron chi connectivity index (χ3n) is 5.54. The van der Waals surface area contributed by atoms with Gasteiger partial charge in [-0.1, -0.05) is 75.3 Å². The number of aliphatic hydroxyl groups excluding tert-OH is 1. The summed E-state index contributed by atoms with van der Waals surface area (Å²) in [5.74, 6) is -0.224. The molecule has 0 aromatic carbocycles. The van der Waals surface area contributed by atoms with Crippen molar-refractivity contribution in [1.82, 2.24) is 5.32 Å². The van der Waals surface area contributed by atoms with E-state index in [0.29, 0.717) is 17.4 Å². The maximum absolute atomic E-state index is 12.5. The summed E-state index contributed by atoms with van der Waals surface area (Å²) in [5, 5.41) is 13.3. The average Bonchev–Trinajstić information content (AvgIpc) is 2.83. The van der Waals surface area contributed by atoms with Crippen LogP contribution in [0.4, 0.5) is 0 Å². The highest BCUT2D eigenvalue weighted by Gasteiger charge is 2.27. The van der Waals surface area contributed by atoms with Crippen LogP contribution in [-0.4, -0.2) is 73.4 Å². The predicted molar refractivity (Wildman–Crippen MR) is 157 cm³/mol. The second kappa shape index (κ2) is 22.3. The van der Waals surface area contributed by atoms with E-state index in [-0.39, 0.29) is 19.1 Å². The molecule has 0 saturated carbocycles. The second-order valence-corrected chi connectivity index (χ2v) is 11.8. The Labute approximate surface area is 231 Å². The van der Waals surface area contributed by atoms with E-state index < -0.39 is 20.0 Å². The zero-order chi connectivity index (χ0) is 28.7. The molecule has 0 aliphatic rings. The Morgan fingerprint density at radius 1 is 0.921 bits per heavy atom. The van der Waals surface area contributed by atoms with Gasteiger partial charge in [-0.05, 0) is 44.9 Å². The molecule has 3 N–H and O–H groups in total.